The van der Waals surface area contributed by atoms with Crippen molar-refractivity contribution in [1.29, 1.82) is 0 Å². The van der Waals surface area contributed by atoms with Gasteiger partial charge in [0.15, 0.2) is 5.78 Å². The van der Waals surface area contributed by atoms with Crippen molar-refractivity contribution in [2.45, 2.75) is 116 Å². The Labute approximate surface area is 272 Å². The van der Waals surface area contributed by atoms with E-state index in [0.29, 0.717) is 5.56 Å². The molecule has 0 bridgehead atoms. The molecule has 242 valence electrons. The zero-order chi connectivity index (χ0) is 32.0. The summed E-state index contributed by atoms with van der Waals surface area (Å²) in [6, 6.07) is 22.4. The second-order valence-corrected chi connectivity index (χ2v) is 12.5. The number of unbranched alkanes of at least 4 members (excludes halogenated alkanes) is 15. The minimum Gasteiger partial charge on any atom is -0.494 e. The number of halogens is 1. The van der Waals surface area contributed by atoms with E-state index in [1.807, 2.05) is 25.1 Å². The number of carbonyl (C=O) groups excluding carboxylic acids is 1. The molecule has 0 aliphatic heterocycles. The van der Waals surface area contributed by atoms with Crippen LogP contribution in [0.25, 0.3) is 11.6 Å². The van der Waals surface area contributed by atoms with Crippen molar-refractivity contribution in [1.82, 2.24) is 0 Å². The highest BCUT2D eigenvalue weighted by molar-refractivity contribution is 6.06. The van der Waals surface area contributed by atoms with E-state index < -0.39 is 0 Å². The van der Waals surface area contributed by atoms with Crippen LogP contribution in [0.4, 0.5) is 4.39 Å². The Morgan fingerprint density at radius 2 is 1.09 bits per heavy atom. The molecule has 0 radical (unpaired) electrons. The Morgan fingerprint density at radius 3 is 1.60 bits per heavy atom. The maximum atomic E-state index is 13.0. The summed E-state index contributed by atoms with van der Waals surface area (Å²) in [5.41, 5.74) is 5.12. The molecule has 0 unspecified atom stereocenters. The van der Waals surface area contributed by atoms with Gasteiger partial charge in [0.1, 0.15) is 11.6 Å². The number of hydrogen-bond donors (Lipinski definition) is 0. The van der Waals surface area contributed by atoms with E-state index in [4.69, 9.17) is 4.74 Å². The van der Waals surface area contributed by atoms with Crippen molar-refractivity contribution in [2.75, 3.05) is 6.61 Å². The van der Waals surface area contributed by atoms with Gasteiger partial charge < -0.3 is 4.74 Å². The molecule has 3 heteroatoms. The SMILES string of the molecule is C=C(C)c1ccc(OCCCCCCCCCCCCCCCCCCc2ccc(/C=C/C(=O)c3ccc(F)cc3)cc2)cc1. The van der Waals surface area contributed by atoms with Crippen LogP contribution in [0, 0.1) is 5.82 Å². The van der Waals surface area contributed by atoms with Gasteiger partial charge in [0.2, 0.25) is 0 Å². The average molecular weight is 611 g/mol. The molecule has 0 N–H and O–H groups in total. The van der Waals surface area contributed by atoms with Crippen molar-refractivity contribution in [3.63, 3.8) is 0 Å². The molecule has 3 rings (SSSR count). The largest absolute Gasteiger partial charge is 0.494 e. The minimum absolute atomic E-state index is 0.114. The van der Waals surface area contributed by atoms with Crippen molar-refractivity contribution < 1.29 is 13.9 Å². The minimum atomic E-state index is -0.332. The van der Waals surface area contributed by atoms with Gasteiger partial charge in [-0.25, -0.2) is 4.39 Å². The summed E-state index contributed by atoms with van der Waals surface area (Å²) in [5.74, 6) is 0.514. The Bertz CT molecular complexity index is 1260. The van der Waals surface area contributed by atoms with Gasteiger partial charge in [-0.05, 0) is 85.4 Å². The summed E-state index contributed by atoms with van der Waals surface area (Å²) >= 11 is 0. The summed E-state index contributed by atoms with van der Waals surface area (Å²) in [4.78, 5) is 12.2. The quantitative estimate of drug-likeness (QED) is 0.0573. The molecule has 0 saturated carbocycles. The maximum Gasteiger partial charge on any atom is 0.185 e. The topological polar surface area (TPSA) is 26.3 Å². The average Bonchev–Trinajstić information content (AvgIpc) is 3.05. The smallest absolute Gasteiger partial charge is 0.185 e. The lowest BCUT2D eigenvalue weighted by molar-refractivity contribution is 0.104. The predicted molar refractivity (Wildman–Crippen MR) is 190 cm³/mol. The Kier molecular flexibility index (Phi) is 17.7. The molecule has 0 aliphatic rings. The van der Waals surface area contributed by atoms with Crippen LogP contribution in [0.2, 0.25) is 0 Å². The first-order chi connectivity index (χ1) is 22.0. The van der Waals surface area contributed by atoms with Gasteiger partial charge in [-0.15, -0.1) is 0 Å². The number of aryl methyl sites for hydroxylation is 1. The lowest BCUT2D eigenvalue weighted by Gasteiger charge is -2.07. The first-order valence-corrected chi connectivity index (χ1v) is 17.5. The molecule has 0 aromatic heterocycles. The molecule has 0 aliphatic carbocycles. The standard InChI is InChI=1S/C42H55FO2/c1-35(2)38-27-31-41(32-28-38)45-34-18-16-14-12-10-8-6-4-3-5-7-9-11-13-15-17-19-36-20-22-37(23-21-36)24-33-42(44)39-25-29-40(43)30-26-39/h20-33H,1,3-19,34H2,2H3/b33-24+. The summed E-state index contributed by atoms with van der Waals surface area (Å²) in [7, 11) is 0. The highest BCUT2D eigenvalue weighted by Crippen LogP contribution is 2.18. The molecule has 0 heterocycles. The number of ketones is 1. The highest BCUT2D eigenvalue weighted by Gasteiger charge is 2.02. The van der Waals surface area contributed by atoms with Crippen LogP contribution < -0.4 is 4.74 Å². The van der Waals surface area contributed by atoms with Crippen LogP contribution in [-0.4, -0.2) is 12.4 Å². The first kappa shape index (κ1) is 36.0. The van der Waals surface area contributed by atoms with Gasteiger partial charge in [0, 0.05) is 5.56 Å². The van der Waals surface area contributed by atoms with Crippen molar-refractivity contribution in [2.24, 2.45) is 0 Å². The van der Waals surface area contributed by atoms with Gasteiger partial charge in [-0.3, -0.25) is 4.79 Å². The molecule has 0 atom stereocenters. The molecule has 0 amide bonds. The highest BCUT2D eigenvalue weighted by atomic mass is 19.1. The molecule has 2 nitrogen and oxygen atoms in total. The van der Waals surface area contributed by atoms with Gasteiger partial charge in [0.25, 0.3) is 0 Å². The van der Waals surface area contributed by atoms with Crippen LogP contribution in [-0.2, 0) is 6.42 Å². The lowest BCUT2D eigenvalue weighted by atomic mass is 10.0. The fourth-order valence-electron chi connectivity index (χ4n) is 5.61. The Balaban J connectivity index is 1.05. The van der Waals surface area contributed by atoms with Crippen molar-refractivity contribution >= 4 is 17.4 Å². The van der Waals surface area contributed by atoms with Crippen LogP contribution in [0.3, 0.4) is 0 Å². The normalized spacial score (nSPS) is 11.2. The van der Waals surface area contributed by atoms with Gasteiger partial charge >= 0.3 is 0 Å². The van der Waals surface area contributed by atoms with E-state index in [1.54, 1.807) is 6.08 Å². The molecule has 3 aromatic carbocycles. The number of allylic oxidation sites excluding steroid dienone is 2. The number of rotatable bonds is 24. The fraction of sp³-hybridized carbons (Fsp3) is 0.452. The maximum absolute atomic E-state index is 13.0. The summed E-state index contributed by atoms with van der Waals surface area (Å²) < 4.78 is 18.9. The lowest BCUT2D eigenvalue weighted by Crippen LogP contribution is -1.97. The molecule has 3 aromatic rings. The summed E-state index contributed by atoms with van der Waals surface area (Å²) in [6.45, 7) is 6.82. The van der Waals surface area contributed by atoms with Crippen LogP contribution in [0.15, 0.2) is 85.5 Å². The second kappa shape index (κ2) is 22.1. The summed E-state index contributed by atoms with van der Waals surface area (Å²) in [5, 5.41) is 0. The molecular weight excluding hydrogens is 555 g/mol. The number of benzene rings is 3. The third kappa shape index (κ3) is 15.9. The van der Waals surface area contributed by atoms with E-state index in [-0.39, 0.29) is 11.6 Å². The molecule has 0 fully saturated rings. The zero-order valence-corrected chi connectivity index (χ0v) is 27.7. The van der Waals surface area contributed by atoms with E-state index in [1.165, 1.54) is 132 Å². The monoisotopic (exact) mass is 610 g/mol. The van der Waals surface area contributed by atoms with Crippen LogP contribution in [0.5, 0.6) is 5.75 Å². The van der Waals surface area contributed by atoms with Crippen molar-refractivity contribution in [3.05, 3.63) is 114 Å². The van der Waals surface area contributed by atoms with Gasteiger partial charge in [0.05, 0.1) is 6.61 Å². The van der Waals surface area contributed by atoms with E-state index >= 15 is 0 Å². The van der Waals surface area contributed by atoms with Gasteiger partial charge in [-0.2, -0.15) is 0 Å². The molecule has 45 heavy (non-hydrogen) atoms. The molecular formula is C42H55FO2. The first-order valence-electron chi connectivity index (χ1n) is 17.5. The van der Waals surface area contributed by atoms with E-state index in [9.17, 15) is 9.18 Å². The van der Waals surface area contributed by atoms with Gasteiger partial charge in [-0.1, -0.05) is 145 Å². The molecule has 0 saturated heterocycles. The summed E-state index contributed by atoms with van der Waals surface area (Å²) in [6.07, 6.45) is 25.9. The number of ether oxygens (including phenoxy) is 1. The Hall–Kier alpha value is -3.46. The van der Waals surface area contributed by atoms with E-state index in [2.05, 4.69) is 43.0 Å². The third-order valence-corrected chi connectivity index (χ3v) is 8.51. The fourth-order valence-corrected chi connectivity index (χ4v) is 5.61. The number of hydrogen-bond acceptors (Lipinski definition) is 2. The molecule has 0 spiro atoms. The van der Waals surface area contributed by atoms with E-state index in [0.717, 1.165) is 36.3 Å². The number of carbonyl (C=O) groups is 1. The second-order valence-electron chi connectivity index (χ2n) is 12.5. The Morgan fingerprint density at radius 1 is 0.622 bits per heavy atom. The van der Waals surface area contributed by atoms with Crippen LogP contribution in [0.1, 0.15) is 137 Å². The zero-order valence-electron chi connectivity index (χ0n) is 27.7. The third-order valence-electron chi connectivity index (χ3n) is 8.51. The predicted octanol–water partition coefficient (Wildman–Crippen LogP) is 12.6. The van der Waals surface area contributed by atoms with Crippen LogP contribution >= 0.6 is 0 Å². The van der Waals surface area contributed by atoms with Crippen molar-refractivity contribution in [3.8, 4) is 5.75 Å².